The Balaban J connectivity index is 2.48. The number of ether oxygens (including phenoxy) is 1. The largest absolute Gasteiger partial charge is 0.507 e. The van der Waals surface area contributed by atoms with Crippen molar-refractivity contribution < 1.29 is 34.1 Å². The van der Waals surface area contributed by atoms with Crippen LogP contribution in [0.3, 0.4) is 0 Å². The molecule has 0 bridgehead atoms. The highest BCUT2D eigenvalue weighted by atomic mass is 16.6. The fraction of sp³-hybridized carbons (Fsp3) is 0.615. The molecule has 1 saturated carbocycles. The number of amides is 4. The van der Waals surface area contributed by atoms with Gasteiger partial charge in [0, 0.05) is 18.2 Å². The first-order chi connectivity index (χ1) is 17.3. The number of nitrogens with one attached hydrogen (secondary N) is 2. The normalized spacial score (nSPS) is 15.8. The van der Waals surface area contributed by atoms with Gasteiger partial charge in [-0.15, -0.1) is 0 Å². The number of aliphatic hydroxyl groups is 1. The molecule has 1 aliphatic rings. The topological polar surface area (TPSA) is 171 Å². The second-order valence-electron chi connectivity index (χ2n) is 10.4. The molecule has 1 aliphatic carbocycles. The molecule has 0 aromatic heterocycles. The SMILES string of the molecule is Cc1cccc(C(C(=O)NC2CCCCC2)N(CCO)C(=O)C(CC(N)=O)NC(=O)OC(C)(C)C)c1O. The Morgan fingerprint density at radius 3 is 2.38 bits per heavy atom. The summed E-state index contributed by atoms with van der Waals surface area (Å²) in [6, 6.07) is 1.94. The smallest absolute Gasteiger partial charge is 0.408 e. The molecule has 2 rings (SSSR count). The number of primary amides is 1. The van der Waals surface area contributed by atoms with Crippen LogP contribution in [0.2, 0.25) is 0 Å². The van der Waals surface area contributed by atoms with Gasteiger partial charge < -0.3 is 36.2 Å². The summed E-state index contributed by atoms with van der Waals surface area (Å²) in [5.41, 5.74) is 5.13. The number of carbonyl (C=O) groups is 4. The minimum absolute atomic E-state index is 0.0944. The minimum atomic E-state index is -1.46. The fourth-order valence-corrected chi connectivity index (χ4v) is 4.41. The molecule has 1 fully saturated rings. The van der Waals surface area contributed by atoms with Crippen molar-refractivity contribution in [3.63, 3.8) is 0 Å². The number of aliphatic hydroxyl groups excluding tert-OH is 1. The standard InChI is InChI=1S/C26H40N4O7/c1-16-9-8-12-18(22(16)33)21(23(34)28-17-10-6-5-7-11-17)30(13-14-31)24(35)19(15-20(27)32)29-25(36)37-26(2,3)4/h8-9,12,17,19,21,31,33H,5-7,10-11,13-15H2,1-4H3,(H2,27,32)(H,28,34)(H,29,36). The number of rotatable bonds is 10. The Hall–Kier alpha value is -3.34. The maximum absolute atomic E-state index is 13.8. The van der Waals surface area contributed by atoms with Gasteiger partial charge in [-0.05, 0) is 46.1 Å². The Bertz CT molecular complexity index is 970. The summed E-state index contributed by atoms with van der Waals surface area (Å²) in [4.78, 5) is 52.7. The van der Waals surface area contributed by atoms with E-state index in [0.29, 0.717) is 5.56 Å². The summed E-state index contributed by atoms with van der Waals surface area (Å²) in [5.74, 6) is -2.40. The average molecular weight is 521 g/mol. The van der Waals surface area contributed by atoms with E-state index in [4.69, 9.17) is 10.5 Å². The first-order valence-corrected chi connectivity index (χ1v) is 12.6. The number of phenols is 1. The highest BCUT2D eigenvalue weighted by Crippen LogP contribution is 2.33. The van der Waals surface area contributed by atoms with Crippen molar-refractivity contribution >= 4 is 23.8 Å². The molecule has 4 amide bonds. The molecule has 2 atom stereocenters. The van der Waals surface area contributed by atoms with Gasteiger partial charge >= 0.3 is 6.09 Å². The molecule has 6 N–H and O–H groups in total. The lowest BCUT2D eigenvalue weighted by Gasteiger charge is -2.35. The monoisotopic (exact) mass is 520 g/mol. The van der Waals surface area contributed by atoms with E-state index in [2.05, 4.69) is 10.6 Å². The van der Waals surface area contributed by atoms with Crippen LogP contribution in [0.15, 0.2) is 18.2 Å². The van der Waals surface area contributed by atoms with Crippen molar-refractivity contribution in [1.29, 1.82) is 0 Å². The Kier molecular flexibility index (Phi) is 10.7. The Morgan fingerprint density at radius 1 is 1.16 bits per heavy atom. The van der Waals surface area contributed by atoms with Crippen LogP contribution < -0.4 is 16.4 Å². The van der Waals surface area contributed by atoms with Gasteiger partial charge in [0.25, 0.3) is 0 Å². The molecule has 0 radical (unpaired) electrons. The number of carbonyl (C=O) groups excluding carboxylic acids is 4. The summed E-state index contributed by atoms with van der Waals surface area (Å²) in [5, 5.41) is 26.0. The van der Waals surface area contributed by atoms with Crippen LogP contribution in [-0.2, 0) is 19.1 Å². The third-order valence-electron chi connectivity index (χ3n) is 6.09. The number of nitrogens with zero attached hydrogens (tertiary/aromatic N) is 1. The summed E-state index contributed by atoms with van der Waals surface area (Å²) in [7, 11) is 0. The van der Waals surface area contributed by atoms with Gasteiger partial charge in [-0.2, -0.15) is 0 Å². The number of hydrogen-bond acceptors (Lipinski definition) is 7. The number of phenolic OH excluding ortho intramolecular Hbond substituents is 1. The zero-order valence-corrected chi connectivity index (χ0v) is 22.1. The molecule has 1 aromatic carbocycles. The van der Waals surface area contributed by atoms with Crippen molar-refractivity contribution in [3.05, 3.63) is 29.3 Å². The molecule has 2 unspecified atom stereocenters. The quantitative estimate of drug-likeness (QED) is 0.313. The molecule has 0 heterocycles. The van der Waals surface area contributed by atoms with Gasteiger partial charge in [-0.1, -0.05) is 37.5 Å². The van der Waals surface area contributed by atoms with Gasteiger partial charge in [0.2, 0.25) is 17.7 Å². The minimum Gasteiger partial charge on any atom is -0.507 e. The van der Waals surface area contributed by atoms with Gasteiger partial charge in [0.15, 0.2) is 0 Å². The van der Waals surface area contributed by atoms with Crippen LogP contribution in [0.5, 0.6) is 5.75 Å². The number of alkyl carbamates (subject to hydrolysis) is 1. The second kappa shape index (κ2) is 13.3. The predicted octanol–water partition coefficient (Wildman–Crippen LogP) is 1.78. The van der Waals surface area contributed by atoms with E-state index in [1.54, 1.807) is 39.8 Å². The molecule has 0 aliphatic heterocycles. The lowest BCUT2D eigenvalue weighted by Crippen LogP contribution is -2.55. The van der Waals surface area contributed by atoms with E-state index >= 15 is 0 Å². The summed E-state index contributed by atoms with van der Waals surface area (Å²) < 4.78 is 5.23. The zero-order chi connectivity index (χ0) is 27.8. The van der Waals surface area contributed by atoms with E-state index in [1.165, 1.54) is 6.07 Å². The van der Waals surface area contributed by atoms with Gasteiger partial charge in [-0.3, -0.25) is 14.4 Å². The lowest BCUT2D eigenvalue weighted by molar-refractivity contribution is -0.144. The van der Waals surface area contributed by atoms with Crippen LogP contribution in [0.25, 0.3) is 0 Å². The van der Waals surface area contributed by atoms with E-state index in [1.807, 2.05) is 0 Å². The molecule has 11 nitrogen and oxygen atoms in total. The van der Waals surface area contributed by atoms with Crippen LogP contribution in [0, 0.1) is 6.92 Å². The molecule has 206 valence electrons. The number of benzene rings is 1. The number of aryl methyl sites for hydroxylation is 1. The lowest BCUT2D eigenvalue weighted by atomic mass is 9.94. The highest BCUT2D eigenvalue weighted by Gasteiger charge is 2.38. The maximum Gasteiger partial charge on any atom is 0.408 e. The van der Waals surface area contributed by atoms with E-state index < -0.39 is 54.5 Å². The van der Waals surface area contributed by atoms with Gasteiger partial charge in [-0.25, -0.2) is 4.79 Å². The molecule has 11 heteroatoms. The average Bonchev–Trinajstić information content (AvgIpc) is 2.79. The van der Waals surface area contributed by atoms with Crippen molar-refractivity contribution in [2.24, 2.45) is 5.73 Å². The fourth-order valence-electron chi connectivity index (χ4n) is 4.41. The second-order valence-corrected chi connectivity index (χ2v) is 10.4. The molecular weight excluding hydrogens is 480 g/mol. The predicted molar refractivity (Wildman–Crippen MR) is 136 cm³/mol. The molecule has 0 spiro atoms. The first-order valence-electron chi connectivity index (χ1n) is 12.6. The van der Waals surface area contributed by atoms with Crippen LogP contribution in [-0.4, -0.2) is 69.8 Å². The molecule has 1 aromatic rings. The van der Waals surface area contributed by atoms with E-state index in [0.717, 1.165) is 37.0 Å². The third-order valence-corrected chi connectivity index (χ3v) is 6.09. The van der Waals surface area contributed by atoms with Crippen LogP contribution >= 0.6 is 0 Å². The summed E-state index contributed by atoms with van der Waals surface area (Å²) in [6.45, 7) is 5.76. The summed E-state index contributed by atoms with van der Waals surface area (Å²) >= 11 is 0. The van der Waals surface area contributed by atoms with Crippen molar-refractivity contribution in [3.8, 4) is 5.75 Å². The molecular formula is C26H40N4O7. The Labute approximate surface area is 217 Å². The van der Waals surface area contributed by atoms with Crippen molar-refractivity contribution in [1.82, 2.24) is 15.5 Å². The third kappa shape index (κ3) is 8.92. The van der Waals surface area contributed by atoms with Crippen molar-refractivity contribution in [2.75, 3.05) is 13.2 Å². The van der Waals surface area contributed by atoms with Gasteiger partial charge in [0.1, 0.15) is 23.4 Å². The molecule has 37 heavy (non-hydrogen) atoms. The first kappa shape index (κ1) is 29.9. The molecule has 0 saturated heterocycles. The van der Waals surface area contributed by atoms with Crippen LogP contribution in [0.4, 0.5) is 4.79 Å². The highest BCUT2D eigenvalue weighted by molar-refractivity contribution is 5.95. The van der Waals surface area contributed by atoms with Gasteiger partial charge in [0.05, 0.1) is 13.0 Å². The zero-order valence-electron chi connectivity index (χ0n) is 22.1. The number of para-hydroxylation sites is 1. The van der Waals surface area contributed by atoms with E-state index in [9.17, 15) is 29.4 Å². The summed E-state index contributed by atoms with van der Waals surface area (Å²) in [6.07, 6.45) is 3.08. The number of nitrogens with two attached hydrogens (primary N) is 1. The number of hydrogen-bond donors (Lipinski definition) is 5. The van der Waals surface area contributed by atoms with Crippen molar-refractivity contribution in [2.45, 2.75) is 89.9 Å². The van der Waals surface area contributed by atoms with E-state index in [-0.39, 0.29) is 23.9 Å². The Morgan fingerprint density at radius 2 is 1.81 bits per heavy atom. The van der Waals surface area contributed by atoms with Crippen LogP contribution in [0.1, 0.15) is 76.5 Å². The maximum atomic E-state index is 13.8. The number of aromatic hydroxyl groups is 1.